The van der Waals surface area contributed by atoms with Gasteiger partial charge in [-0.1, -0.05) is 18.2 Å². The fourth-order valence-corrected chi connectivity index (χ4v) is 2.95. The Hall–Kier alpha value is -4.13. The Morgan fingerprint density at radius 1 is 0.838 bits per heavy atom. The third-order valence-electron chi connectivity index (χ3n) is 4.64. The van der Waals surface area contributed by atoms with E-state index in [1.807, 2.05) is 72.5 Å². The minimum absolute atomic E-state index is 0.0263. The predicted molar refractivity (Wildman–Crippen MR) is 140 cm³/mol. The molecule has 3 aromatic rings. The van der Waals surface area contributed by atoms with E-state index in [1.54, 1.807) is 34.4 Å². The second-order valence-corrected chi connectivity index (χ2v) is 7.35. The van der Waals surface area contributed by atoms with Crippen LogP contribution in [0.5, 0.6) is 0 Å². The van der Waals surface area contributed by atoms with Crippen LogP contribution in [0.4, 0.5) is 5.82 Å². The van der Waals surface area contributed by atoms with Crippen molar-refractivity contribution >= 4 is 17.9 Å². The van der Waals surface area contributed by atoms with Crippen LogP contribution in [0.25, 0.3) is 0 Å². The molecule has 3 heterocycles. The van der Waals surface area contributed by atoms with E-state index in [2.05, 4.69) is 30.6 Å². The average Bonchev–Trinajstić information content (AvgIpc) is 2.92. The fraction of sp³-hybridized carbons (Fsp3) is 0.320. The van der Waals surface area contributed by atoms with Gasteiger partial charge in [0.1, 0.15) is 6.54 Å². The summed E-state index contributed by atoms with van der Waals surface area (Å²) in [5.74, 6) is 1.02. The van der Waals surface area contributed by atoms with Crippen LogP contribution < -0.4 is 15.5 Å². The first-order valence-corrected chi connectivity index (χ1v) is 11.8. The van der Waals surface area contributed by atoms with Gasteiger partial charge < -0.3 is 24.5 Å². The van der Waals surface area contributed by atoms with Crippen LogP contribution >= 0.6 is 0 Å². The van der Waals surface area contributed by atoms with E-state index in [4.69, 9.17) is 15.3 Å². The summed E-state index contributed by atoms with van der Waals surface area (Å²) in [4.78, 5) is 0. The van der Waals surface area contributed by atoms with Crippen LogP contribution in [0.15, 0.2) is 104 Å². The lowest BCUT2D eigenvalue weighted by atomic mass is 10.4. The molecule has 0 aliphatic rings. The Morgan fingerprint density at radius 3 is 2.05 bits per heavy atom. The number of amidine groups is 1. The molecular weight excluding hydrogens is 474 g/mol. The van der Waals surface area contributed by atoms with Crippen LogP contribution in [0.3, 0.4) is 0 Å². The lowest BCUT2D eigenvalue weighted by Gasteiger charge is -2.02. The van der Waals surface area contributed by atoms with Crippen molar-refractivity contribution in [2.75, 3.05) is 19.8 Å². The van der Waals surface area contributed by atoms with Gasteiger partial charge in [-0.05, 0) is 42.4 Å². The van der Waals surface area contributed by atoms with Crippen LogP contribution in [-0.2, 0) is 19.6 Å². The molecule has 3 aromatic heterocycles. The molecular formula is C25H34N9O3+. The van der Waals surface area contributed by atoms with E-state index in [9.17, 15) is 0 Å². The normalized spacial score (nSPS) is 12.8. The lowest BCUT2D eigenvalue weighted by Crippen LogP contribution is -2.35. The summed E-state index contributed by atoms with van der Waals surface area (Å²) in [6.45, 7) is 5.10. The number of hydrogen-bond acceptors (Lipinski definition) is 8. The summed E-state index contributed by atoms with van der Waals surface area (Å²) in [5, 5.41) is 51.0. The van der Waals surface area contributed by atoms with Crippen molar-refractivity contribution in [1.82, 2.24) is 9.13 Å². The fourth-order valence-electron chi connectivity index (χ4n) is 2.95. The molecule has 0 aliphatic heterocycles. The van der Waals surface area contributed by atoms with E-state index in [0.717, 1.165) is 5.49 Å². The molecule has 0 bridgehead atoms. The summed E-state index contributed by atoms with van der Waals surface area (Å²) in [7, 11) is 0. The molecule has 0 aliphatic carbocycles. The van der Waals surface area contributed by atoms with Gasteiger partial charge in [0.2, 0.25) is 0 Å². The number of nitrogens with zero attached hydrogens (tertiary/aromatic N) is 9. The Labute approximate surface area is 215 Å². The highest BCUT2D eigenvalue weighted by Gasteiger charge is 2.07. The maximum Gasteiger partial charge on any atom is 0.350 e. The zero-order valence-electron chi connectivity index (χ0n) is 21.1. The Kier molecular flexibility index (Phi) is 13.6. The summed E-state index contributed by atoms with van der Waals surface area (Å²) >= 11 is 0. The van der Waals surface area contributed by atoms with Gasteiger partial charge in [0.25, 0.3) is 0 Å². The highest BCUT2D eigenvalue weighted by atomic mass is 16.3. The van der Waals surface area contributed by atoms with Crippen LogP contribution in [0.2, 0.25) is 0 Å². The van der Waals surface area contributed by atoms with E-state index in [1.165, 1.54) is 0 Å². The molecule has 0 amide bonds. The zero-order chi connectivity index (χ0) is 26.7. The lowest BCUT2D eigenvalue weighted by molar-refractivity contribution is -0.685. The molecule has 12 heteroatoms. The van der Waals surface area contributed by atoms with Gasteiger partial charge in [0.05, 0.1) is 31.1 Å². The monoisotopic (exact) mass is 508 g/mol. The molecule has 0 atom stereocenters. The number of hydrogen-bond donors (Lipinski definition) is 3. The number of rotatable bonds is 9. The van der Waals surface area contributed by atoms with Gasteiger partial charge >= 0.3 is 5.82 Å². The van der Waals surface area contributed by atoms with Crippen molar-refractivity contribution in [3.8, 4) is 0 Å². The molecule has 37 heavy (non-hydrogen) atoms. The molecule has 0 radical (unpaired) electrons. The Morgan fingerprint density at radius 2 is 1.46 bits per heavy atom. The highest BCUT2D eigenvalue weighted by molar-refractivity contribution is 5.79. The highest BCUT2D eigenvalue weighted by Crippen LogP contribution is 2.04. The van der Waals surface area contributed by atoms with Gasteiger partial charge in [0.15, 0.2) is 16.8 Å². The van der Waals surface area contributed by atoms with Gasteiger partial charge in [-0.15, -0.1) is 15.3 Å². The van der Waals surface area contributed by atoms with Gasteiger partial charge in [0, 0.05) is 44.7 Å². The van der Waals surface area contributed by atoms with Crippen LogP contribution in [0.1, 0.15) is 13.8 Å². The van der Waals surface area contributed by atoms with Crippen molar-refractivity contribution in [2.45, 2.75) is 33.5 Å². The zero-order valence-corrected chi connectivity index (χ0v) is 21.1. The maximum absolute atomic E-state index is 9.05. The van der Waals surface area contributed by atoms with E-state index in [-0.39, 0.29) is 19.8 Å². The second kappa shape index (κ2) is 17.3. The van der Waals surface area contributed by atoms with Crippen molar-refractivity contribution in [2.24, 2.45) is 30.6 Å². The first kappa shape index (κ1) is 29.1. The smallest absolute Gasteiger partial charge is 0.350 e. The third kappa shape index (κ3) is 10.6. The van der Waals surface area contributed by atoms with Gasteiger partial charge in [-0.2, -0.15) is 5.10 Å². The van der Waals surface area contributed by atoms with E-state index in [0.29, 0.717) is 36.8 Å². The number of azo groups is 1. The van der Waals surface area contributed by atoms with Crippen molar-refractivity contribution in [1.29, 1.82) is 0 Å². The van der Waals surface area contributed by atoms with Crippen LogP contribution in [-0.4, -0.2) is 56.3 Å². The van der Waals surface area contributed by atoms with Crippen molar-refractivity contribution in [3.05, 3.63) is 84.2 Å². The molecule has 0 unspecified atom stereocenters. The molecule has 0 aromatic carbocycles. The van der Waals surface area contributed by atoms with Crippen molar-refractivity contribution < 1.29 is 19.9 Å². The minimum atomic E-state index is 0.0263. The largest absolute Gasteiger partial charge is 0.395 e. The van der Waals surface area contributed by atoms with Gasteiger partial charge in [-0.3, -0.25) is 0 Å². The summed E-state index contributed by atoms with van der Waals surface area (Å²) in [5.41, 5.74) is 1.37. The molecule has 0 spiro atoms. The standard InChI is InChI=1S/C16H21N6O2.C9H13N3O/c1-14(17-19-15-6-2-4-8-21(15)10-12-23)18-20-16-7-3-5-9-22(16)11-13-24;1-2-10-11-9-5-3-4-6-12(9)7-8-13/h2-9,23-24H,10-13H2,1H3;2-6,13H,7-8H2,1H3/q+1;/b;10-2-,11-9+. The SMILES string of the molecule is C/C(N=Nc1cccc[n+]1CCO)=N\N=c1/ccccn1CCO.C/C=N\N=c1/ccccn1CCO. The number of aromatic nitrogens is 3. The number of aliphatic hydroxyl groups excluding tert-OH is 3. The first-order valence-electron chi connectivity index (χ1n) is 11.8. The Bertz CT molecular complexity index is 1310. The topological polar surface area (TPSA) is 149 Å². The predicted octanol–water partition coefficient (Wildman–Crippen LogP) is 1.16. The summed E-state index contributed by atoms with van der Waals surface area (Å²) in [6.07, 6.45) is 7.13. The van der Waals surface area contributed by atoms with Gasteiger partial charge in [-0.25, -0.2) is 4.57 Å². The first-order chi connectivity index (χ1) is 18.1. The summed E-state index contributed by atoms with van der Waals surface area (Å²) < 4.78 is 5.42. The van der Waals surface area contributed by atoms with E-state index >= 15 is 0 Å². The van der Waals surface area contributed by atoms with Crippen LogP contribution in [0, 0.1) is 0 Å². The van der Waals surface area contributed by atoms with Crippen molar-refractivity contribution in [3.63, 3.8) is 0 Å². The Balaban J connectivity index is 0.000000312. The number of pyridine rings is 3. The molecule has 196 valence electrons. The molecule has 0 fully saturated rings. The third-order valence-corrected chi connectivity index (χ3v) is 4.64. The molecule has 0 saturated carbocycles. The average molecular weight is 509 g/mol. The molecule has 0 saturated heterocycles. The van der Waals surface area contributed by atoms with E-state index < -0.39 is 0 Å². The second-order valence-electron chi connectivity index (χ2n) is 7.35. The summed E-state index contributed by atoms with van der Waals surface area (Å²) in [6, 6.07) is 16.7. The minimum Gasteiger partial charge on any atom is -0.395 e. The molecule has 3 rings (SSSR count). The maximum atomic E-state index is 9.05. The molecule has 12 nitrogen and oxygen atoms in total. The molecule has 3 N–H and O–H groups in total. The quantitative estimate of drug-likeness (QED) is 0.131. The number of aliphatic hydroxyl groups is 3.